The Bertz CT molecular complexity index is 632. The molecule has 93 valence electrons. The van der Waals surface area contributed by atoms with Crippen LogP contribution in [0.5, 0.6) is 0 Å². The summed E-state index contributed by atoms with van der Waals surface area (Å²) in [5.74, 6) is 0. The summed E-state index contributed by atoms with van der Waals surface area (Å²) >= 11 is 0. The van der Waals surface area contributed by atoms with Gasteiger partial charge in [0.15, 0.2) is 0 Å². The first-order valence-electron chi connectivity index (χ1n) is 7.08. The van der Waals surface area contributed by atoms with Gasteiger partial charge in [0.2, 0.25) is 0 Å². The van der Waals surface area contributed by atoms with Crippen molar-refractivity contribution in [3.8, 4) is 0 Å². The van der Waals surface area contributed by atoms with Crippen molar-refractivity contribution in [3.63, 3.8) is 0 Å². The molecule has 0 fully saturated rings. The van der Waals surface area contributed by atoms with Crippen molar-refractivity contribution in [2.45, 2.75) is 25.2 Å². The molecule has 0 aromatic heterocycles. The zero-order valence-electron chi connectivity index (χ0n) is 11.2. The van der Waals surface area contributed by atoms with E-state index in [1.54, 1.807) is 11.1 Å². The van der Waals surface area contributed by atoms with Crippen LogP contribution in [0.15, 0.2) is 65.7 Å². The van der Waals surface area contributed by atoms with Crippen LogP contribution < -0.4 is 0 Å². The molecule has 0 atom stereocenters. The average Bonchev–Trinajstić information content (AvgIpc) is 3.34. The predicted molar refractivity (Wildman–Crippen MR) is 79.0 cm³/mol. The fraction of sp³-hybridized carbons (Fsp3) is 0.211. The fourth-order valence-electron chi connectivity index (χ4n) is 3.28. The minimum absolute atomic E-state index is 0.366. The lowest BCUT2D eigenvalue weighted by Gasteiger charge is -2.24. The van der Waals surface area contributed by atoms with E-state index in [4.69, 9.17) is 0 Å². The summed E-state index contributed by atoms with van der Waals surface area (Å²) < 4.78 is 0. The maximum absolute atomic E-state index is 2.32. The highest BCUT2D eigenvalue weighted by Gasteiger charge is 2.63. The monoisotopic (exact) mass is 245 g/mol. The third-order valence-electron chi connectivity index (χ3n) is 4.58. The van der Waals surface area contributed by atoms with Crippen LogP contribution in [0.1, 0.15) is 30.0 Å². The van der Waals surface area contributed by atoms with Crippen LogP contribution in [0.2, 0.25) is 0 Å². The van der Waals surface area contributed by atoms with Crippen LogP contribution in [0.3, 0.4) is 0 Å². The molecule has 0 N–H and O–H groups in total. The van der Waals surface area contributed by atoms with E-state index in [1.807, 2.05) is 0 Å². The summed E-state index contributed by atoms with van der Waals surface area (Å²) in [5, 5.41) is 0. The molecule has 19 heavy (non-hydrogen) atoms. The van der Waals surface area contributed by atoms with Crippen LogP contribution in [0, 0.1) is 6.42 Å². The smallest absolute Gasteiger partial charge is 0.0387 e. The van der Waals surface area contributed by atoms with Gasteiger partial charge < -0.3 is 0 Å². The quantitative estimate of drug-likeness (QED) is 0.746. The summed E-state index contributed by atoms with van der Waals surface area (Å²) in [6.07, 6.45) is 4.56. The van der Waals surface area contributed by atoms with Crippen LogP contribution in [-0.2, 0) is 11.8 Å². The summed E-state index contributed by atoms with van der Waals surface area (Å²) in [6, 6.07) is 19.9. The second-order valence-electron chi connectivity index (χ2n) is 5.59. The van der Waals surface area contributed by atoms with Crippen LogP contribution >= 0.6 is 0 Å². The molecule has 1 radical (unpaired) electrons. The lowest BCUT2D eigenvalue weighted by atomic mass is 9.78. The molecule has 2 aliphatic carbocycles. The third kappa shape index (κ3) is 1.59. The van der Waals surface area contributed by atoms with Crippen molar-refractivity contribution >= 4 is 0 Å². The molecular weight excluding hydrogens is 228 g/mol. The Hall–Kier alpha value is -1.82. The van der Waals surface area contributed by atoms with E-state index in [1.165, 1.54) is 23.1 Å². The summed E-state index contributed by atoms with van der Waals surface area (Å²) in [5.41, 5.74) is 7.84. The van der Waals surface area contributed by atoms with Crippen LogP contribution in [0.25, 0.3) is 0 Å². The second-order valence-corrected chi connectivity index (χ2v) is 5.59. The molecule has 0 nitrogen and oxygen atoms in total. The first kappa shape index (κ1) is 11.0. The van der Waals surface area contributed by atoms with Gasteiger partial charge in [-0.25, -0.2) is 0 Å². The Kier molecular flexibility index (Phi) is 2.23. The molecule has 0 saturated heterocycles. The van der Waals surface area contributed by atoms with Gasteiger partial charge in [-0.3, -0.25) is 0 Å². The van der Waals surface area contributed by atoms with E-state index in [9.17, 15) is 0 Å². The Morgan fingerprint density at radius 3 is 1.95 bits per heavy atom. The zero-order valence-corrected chi connectivity index (χ0v) is 11.2. The van der Waals surface area contributed by atoms with Crippen molar-refractivity contribution in [3.05, 3.63) is 88.9 Å². The number of allylic oxidation sites excluding steroid dienone is 2. The number of hydrogen-bond acceptors (Lipinski definition) is 0. The molecule has 0 bridgehead atoms. The maximum atomic E-state index is 2.32. The molecule has 4 rings (SSSR count). The van der Waals surface area contributed by atoms with E-state index >= 15 is 0 Å². The highest BCUT2D eigenvalue weighted by molar-refractivity contribution is 5.84. The summed E-state index contributed by atoms with van der Waals surface area (Å²) in [6.45, 7) is 2.29. The molecule has 0 aliphatic heterocycles. The fourth-order valence-corrected chi connectivity index (χ4v) is 3.28. The Balaban J connectivity index is 1.54. The first-order chi connectivity index (χ1) is 9.34. The minimum Gasteiger partial charge on any atom is -0.0639 e. The van der Waals surface area contributed by atoms with E-state index < -0.39 is 0 Å². The van der Waals surface area contributed by atoms with Gasteiger partial charge in [-0.05, 0) is 40.7 Å². The molecule has 0 saturated carbocycles. The summed E-state index contributed by atoms with van der Waals surface area (Å²) in [7, 11) is 0. The SMILES string of the molecule is CCC1(c2ccc(Cc3ccccc3)cc2)C2=C1[CH]2. The van der Waals surface area contributed by atoms with Crippen LogP contribution in [0.4, 0.5) is 0 Å². The van der Waals surface area contributed by atoms with Gasteiger partial charge in [-0.1, -0.05) is 61.5 Å². The molecule has 0 amide bonds. The molecule has 2 aromatic carbocycles. The van der Waals surface area contributed by atoms with Crippen LogP contribution in [-0.4, -0.2) is 0 Å². The van der Waals surface area contributed by atoms with Gasteiger partial charge >= 0.3 is 0 Å². The van der Waals surface area contributed by atoms with Gasteiger partial charge in [0, 0.05) is 11.8 Å². The van der Waals surface area contributed by atoms with Gasteiger partial charge in [0.05, 0.1) is 0 Å². The number of hydrogen-bond donors (Lipinski definition) is 0. The molecule has 2 aromatic rings. The topological polar surface area (TPSA) is 0 Å². The number of rotatable bonds is 4. The maximum Gasteiger partial charge on any atom is 0.0387 e. The number of benzene rings is 2. The lowest BCUT2D eigenvalue weighted by Crippen LogP contribution is -2.18. The van der Waals surface area contributed by atoms with Crippen molar-refractivity contribution in [2.75, 3.05) is 0 Å². The second kappa shape index (κ2) is 3.84. The summed E-state index contributed by atoms with van der Waals surface area (Å²) in [4.78, 5) is 0. The molecule has 0 heteroatoms. The minimum atomic E-state index is 0.366. The standard InChI is InChI=1S/C19H17/c1-2-19(17-13-18(17)19)16-10-8-15(9-11-16)12-14-6-4-3-5-7-14/h3-11,13H,2,12H2,1H3. The first-order valence-corrected chi connectivity index (χ1v) is 7.08. The van der Waals surface area contributed by atoms with E-state index in [0.29, 0.717) is 5.41 Å². The Morgan fingerprint density at radius 1 is 0.789 bits per heavy atom. The molecular formula is C19H17. The third-order valence-corrected chi connectivity index (χ3v) is 4.58. The van der Waals surface area contributed by atoms with E-state index in [0.717, 1.165) is 6.42 Å². The highest BCUT2D eigenvalue weighted by Crippen LogP contribution is 2.71. The largest absolute Gasteiger partial charge is 0.0639 e. The van der Waals surface area contributed by atoms with Gasteiger partial charge in [0.1, 0.15) is 0 Å². The highest BCUT2D eigenvalue weighted by atomic mass is 14.7. The Morgan fingerprint density at radius 2 is 1.42 bits per heavy atom. The van der Waals surface area contributed by atoms with E-state index in [2.05, 4.69) is 67.9 Å². The van der Waals surface area contributed by atoms with Crippen molar-refractivity contribution in [2.24, 2.45) is 0 Å². The molecule has 0 unspecified atom stereocenters. The molecule has 2 aliphatic rings. The van der Waals surface area contributed by atoms with E-state index in [-0.39, 0.29) is 0 Å². The molecule has 0 spiro atoms. The average molecular weight is 245 g/mol. The Labute approximate surface area is 114 Å². The van der Waals surface area contributed by atoms with Gasteiger partial charge in [-0.15, -0.1) is 0 Å². The normalized spacial score (nSPS) is 18.2. The zero-order chi connectivity index (χ0) is 12.9. The van der Waals surface area contributed by atoms with Gasteiger partial charge in [-0.2, -0.15) is 0 Å². The molecule has 0 heterocycles. The predicted octanol–water partition coefficient (Wildman–Crippen LogP) is 4.45. The van der Waals surface area contributed by atoms with Gasteiger partial charge in [0.25, 0.3) is 0 Å². The van der Waals surface area contributed by atoms with Crippen molar-refractivity contribution in [1.82, 2.24) is 0 Å². The lowest BCUT2D eigenvalue weighted by molar-refractivity contribution is 0.658. The van der Waals surface area contributed by atoms with Crippen molar-refractivity contribution < 1.29 is 0 Å². The van der Waals surface area contributed by atoms with Crippen molar-refractivity contribution in [1.29, 1.82) is 0 Å².